The molecule has 4 N–H and O–H groups in total. The standard InChI is InChI=1S/C14H25N3O2/c15-7-6-10-2-1-3-11(8-10)14(19)17-12-4-5-13(18)16-9-12/h10-12H,1-9,15H2,(H,16,18)(H,17,19). The second kappa shape index (κ2) is 6.89. The van der Waals surface area contributed by atoms with E-state index in [4.69, 9.17) is 5.73 Å². The average molecular weight is 267 g/mol. The molecule has 0 bridgehead atoms. The lowest BCUT2D eigenvalue weighted by Crippen LogP contribution is -2.49. The SMILES string of the molecule is NCCC1CCCC(C(=O)NC2CCC(=O)NC2)C1. The molecule has 0 aromatic rings. The maximum atomic E-state index is 12.2. The monoisotopic (exact) mass is 267 g/mol. The highest BCUT2D eigenvalue weighted by molar-refractivity contribution is 5.80. The summed E-state index contributed by atoms with van der Waals surface area (Å²) in [4.78, 5) is 23.3. The van der Waals surface area contributed by atoms with Crippen LogP contribution >= 0.6 is 0 Å². The van der Waals surface area contributed by atoms with Gasteiger partial charge >= 0.3 is 0 Å². The van der Waals surface area contributed by atoms with Crippen LogP contribution in [0, 0.1) is 11.8 Å². The smallest absolute Gasteiger partial charge is 0.223 e. The second-order valence-corrected chi connectivity index (χ2v) is 5.86. The molecule has 0 spiro atoms. The van der Waals surface area contributed by atoms with Gasteiger partial charge in [0.15, 0.2) is 0 Å². The first-order valence-electron chi connectivity index (χ1n) is 7.46. The molecule has 3 atom stereocenters. The molecule has 1 heterocycles. The molecule has 19 heavy (non-hydrogen) atoms. The van der Waals surface area contributed by atoms with Crippen molar-refractivity contribution in [2.45, 2.75) is 51.0 Å². The molecule has 2 amide bonds. The third kappa shape index (κ3) is 4.20. The molecule has 0 aromatic heterocycles. The minimum Gasteiger partial charge on any atom is -0.354 e. The van der Waals surface area contributed by atoms with Crippen LogP contribution in [-0.2, 0) is 9.59 Å². The highest BCUT2D eigenvalue weighted by Gasteiger charge is 2.29. The van der Waals surface area contributed by atoms with Crippen molar-refractivity contribution in [2.24, 2.45) is 17.6 Å². The Labute approximate surface area is 114 Å². The number of carbonyl (C=O) groups is 2. The van der Waals surface area contributed by atoms with Gasteiger partial charge in [0, 0.05) is 24.9 Å². The zero-order valence-corrected chi connectivity index (χ0v) is 11.5. The normalized spacial score (nSPS) is 31.6. The minimum atomic E-state index is 0.0891. The third-order valence-corrected chi connectivity index (χ3v) is 4.34. The molecule has 1 saturated heterocycles. The zero-order chi connectivity index (χ0) is 13.7. The summed E-state index contributed by atoms with van der Waals surface area (Å²) in [7, 11) is 0. The van der Waals surface area contributed by atoms with Crippen LogP contribution in [-0.4, -0.2) is 30.9 Å². The van der Waals surface area contributed by atoms with Crippen LogP contribution in [0.4, 0.5) is 0 Å². The number of rotatable bonds is 4. The molecule has 2 aliphatic rings. The van der Waals surface area contributed by atoms with Crippen LogP contribution in [0.25, 0.3) is 0 Å². The highest BCUT2D eigenvalue weighted by Crippen LogP contribution is 2.31. The molecule has 1 saturated carbocycles. The summed E-state index contributed by atoms with van der Waals surface area (Å²) in [6.07, 6.45) is 6.61. The van der Waals surface area contributed by atoms with Crippen molar-refractivity contribution >= 4 is 11.8 Å². The van der Waals surface area contributed by atoms with Gasteiger partial charge in [0.25, 0.3) is 0 Å². The highest BCUT2D eigenvalue weighted by atomic mass is 16.2. The van der Waals surface area contributed by atoms with E-state index in [1.165, 1.54) is 6.42 Å². The van der Waals surface area contributed by atoms with Crippen molar-refractivity contribution in [2.75, 3.05) is 13.1 Å². The van der Waals surface area contributed by atoms with E-state index >= 15 is 0 Å². The fraction of sp³-hybridized carbons (Fsp3) is 0.857. The number of amides is 2. The van der Waals surface area contributed by atoms with E-state index in [1.54, 1.807) is 0 Å². The number of piperidine rings is 1. The van der Waals surface area contributed by atoms with Gasteiger partial charge in [0.2, 0.25) is 11.8 Å². The van der Waals surface area contributed by atoms with Crippen molar-refractivity contribution < 1.29 is 9.59 Å². The Balaban J connectivity index is 1.77. The second-order valence-electron chi connectivity index (χ2n) is 5.86. The Morgan fingerprint density at radius 3 is 2.89 bits per heavy atom. The number of hydrogen-bond donors (Lipinski definition) is 3. The molecule has 108 valence electrons. The largest absolute Gasteiger partial charge is 0.354 e. The van der Waals surface area contributed by atoms with E-state index in [0.29, 0.717) is 25.4 Å². The summed E-state index contributed by atoms with van der Waals surface area (Å²) in [5, 5.41) is 5.89. The van der Waals surface area contributed by atoms with Crippen LogP contribution in [0.3, 0.4) is 0 Å². The lowest BCUT2D eigenvalue weighted by Gasteiger charge is -2.30. The number of nitrogens with one attached hydrogen (secondary N) is 2. The fourth-order valence-electron chi connectivity index (χ4n) is 3.20. The Morgan fingerprint density at radius 1 is 1.37 bits per heavy atom. The van der Waals surface area contributed by atoms with Crippen molar-refractivity contribution in [1.82, 2.24) is 10.6 Å². The first-order chi connectivity index (χ1) is 9.19. The number of hydrogen-bond acceptors (Lipinski definition) is 3. The lowest BCUT2D eigenvalue weighted by molar-refractivity contribution is -0.129. The van der Waals surface area contributed by atoms with Gasteiger partial charge < -0.3 is 16.4 Å². The molecule has 2 rings (SSSR count). The van der Waals surface area contributed by atoms with Gasteiger partial charge in [-0.15, -0.1) is 0 Å². The van der Waals surface area contributed by atoms with Crippen molar-refractivity contribution in [3.63, 3.8) is 0 Å². The van der Waals surface area contributed by atoms with Gasteiger partial charge in [-0.1, -0.05) is 12.8 Å². The van der Waals surface area contributed by atoms with Gasteiger partial charge in [-0.2, -0.15) is 0 Å². The van der Waals surface area contributed by atoms with E-state index in [2.05, 4.69) is 10.6 Å². The van der Waals surface area contributed by atoms with E-state index < -0.39 is 0 Å². The quantitative estimate of drug-likeness (QED) is 0.695. The maximum absolute atomic E-state index is 12.2. The summed E-state index contributed by atoms with van der Waals surface area (Å²) in [6, 6.07) is 0.111. The maximum Gasteiger partial charge on any atom is 0.223 e. The Morgan fingerprint density at radius 2 is 2.21 bits per heavy atom. The van der Waals surface area contributed by atoms with Gasteiger partial charge in [0.1, 0.15) is 0 Å². The number of carbonyl (C=O) groups excluding carboxylic acids is 2. The molecule has 3 unspecified atom stereocenters. The molecule has 5 heteroatoms. The summed E-state index contributed by atoms with van der Waals surface area (Å²) < 4.78 is 0. The van der Waals surface area contributed by atoms with Crippen molar-refractivity contribution in [3.8, 4) is 0 Å². The summed E-state index contributed by atoms with van der Waals surface area (Å²) in [5.74, 6) is 1.01. The molecule has 0 radical (unpaired) electrons. The molecule has 5 nitrogen and oxygen atoms in total. The third-order valence-electron chi connectivity index (χ3n) is 4.34. The van der Waals surface area contributed by atoms with Crippen LogP contribution in [0.5, 0.6) is 0 Å². The first-order valence-corrected chi connectivity index (χ1v) is 7.46. The topological polar surface area (TPSA) is 84.2 Å². The minimum absolute atomic E-state index is 0.0891. The van der Waals surface area contributed by atoms with Crippen LogP contribution in [0.15, 0.2) is 0 Å². The molecule has 0 aromatic carbocycles. The Bertz CT molecular complexity index is 321. The molecular weight excluding hydrogens is 242 g/mol. The average Bonchev–Trinajstić information content (AvgIpc) is 2.42. The van der Waals surface area contributed by atoms with Crippen molar-refractivity contribution in [3.05, 3.63) is 0 Å². The van der Waals surface area contributed by atoms with Crippen LogP contribution in [0.1, 0.15) is 44.9 Å². The van der Waals surface area contributed by atoms with Gasteiger partial charge in [-0.25, -0.2) is 0 Å². The zero-order valence-electron chi connectivity index (χ0n) is 11.5. The predicted octanol–water partition coefficient (Wildman–Crippen LogP) is 0.536. The van der Waals surface area contributed by atoms with E-state index in [9.17, 15) is 9.59 Å². The summed E-state index contributed by atoms with van der Waals surface area (Å²) >= 11 is 0. The van der Waals surface area contributed by atoms with Gasteiger partial charge in [-0.3, -0.25) is 9.59 Å². The molecule has 2 fully saturated rings. The van der Waals surface area contributed by atoms with E-state index in [0.717, 1.165) is 32.1 Å². The van der Waals surface area contributed by atoms with E-state index in [1.807, 2.05) is 0 Å². The van der Waals surface area contributed by atoms with Crippen molar-refractivity contribution in [1.29, 1.82) is 0 Å². The summed E-state index contributed by atoms with van der Waals surface area (Å²) in [5.41, 5.74) is 5.60. The van der Waals surface area contributed by atoms with Crippen LogP contribution in [0.2, 0.25) is 0 Å². The Kier molecular flexibility index (Phi) is 5.19. The molecule has 1 aliphatic heterocycles. The van der Waals surface area contributed by atoms with Crippen LogP contribution < -0.4 is 16.4 Å². The Hall–Kier alpha value is -1.10. The van der Waals surface area contributed by atoms with Gasteiger partial charge in [-0.05, 0) is 38.1 Å². The predicted molar refractivity (Wildman–Crippen MR) is 73.3 cm³/mol. The van der Waals surface area contributed by atoms with E-state index in [-0.39, 0.29) is 23.8 Å². The first kappa shape index (κ1) is 14.3. The molecule has 1 aliphatic carbocycles. The molecular formula is C14H25N3O2. The fourth-order valence-corrected chi connectivity index (χ4v) is 3.20. The lowest BCUT2D eigenvalue weighted by atomic mass is 9.79. The van der Waals surface area contributed by atoms with Gasteiger partial charge in [0.05, 0.1) is 0 Å². The number of nitrogens with two attached hydrogens (primary N) is 1. The summed E-state index contributed by atoms with van der Waals surface area (Å²) in [6.45, 7) is 1.29.